The summed E-state index contributed by atoms with van der Waals surface area (Å²) in [5.41, 5.74) is 1.97. The number of esters is 1. The highest BCUT2D eigenvalue weighted by molar-refractivity contribution is 5.87. The van der Waals surface area contributed by atoms with Crippen molar-refractivity contribution in [3.63, 3.8) is 0 Å². The van der Waals surface area contributed by atoms with E-state index in [0.29, 0.717) is 12.2 Å². The number of aromatic nitrogens is 1. The van der Waals surface area contributed by atoms with Crippen LogP contribution in [0, 0.1) is 0 Å². The van der Waals surface area contributed by atoms with Crippen LogP contribution >= 0.6 is 0 Å². The molecule has 0 bridgehead atoms. The highest BCUT2D eigenvalue weighted by Crippen LogP contribution is 2.25. The van der Waals surface area contributed by atoms with E-state index in [4.69, 9.17) is 4.74 Å². The number of rotatable bonds is 5. The second-order valence-electron chi connectivity index (χ2n) is 4.77. The molecule has 2 aromatic rings. The Balaban J connectivity index is 2.33. The summed E-state index contributed by atoms with van der Waals surface area (Å²) in [5.74, 6) is 0.256. The van der Waals surface area contributed by atoms with Gasteiger partial charge in [-0.05, 0) is 44.2 Å². The van der Waals surface area contributed by atoms with Crippen molar-refractivity contribution in [2.75, 3.05) is 7.05 Å². The third kappa shape index (κ3) is 3.05. The third-order valence-electron chi connectivity index (χ3n) is 3.26. The number of benzene rings is 1. The van der Waals surface area contributed by atoms with Crippen molar-refractivity contribution in [2.45, 2.75) is 26.3 Å². The van der Waals surface area contributed by atoms with Gasteiger partial charge in [0.05, 0.1) is 6.04 Å². The fourth-order valence-corrected chi connectivity index (χ4v) is 2.22. The van der Waals surface area contributed by atoms with Gasteiger partial charge in [-0.1, -0.05) is 0 Å². The maximum absolute atomic E-state index is 11.5. The van der Waals surface area contributed by atoms with E-state index in [1.165, 1.54) is 6.92 Å². The van der Waals surface area contributed by atoms with Crippen LogP contribution in [-0.2, 0) is 16.0 Å². The molecule has 2 N–H and O–H groups in total. The first-order valence-corrected chi connectivity index (χ1v) is 6.47. The Hall–Kier alpha value is -2.14. The van der Waals surface area contributed by atoms with Gasteiger partial charge in [0.15, 0.2) is 0 Å². The van der Waals surface area contributed by atoms with Crippen molar-refractivity contribution >= 4 is 22.7 Å². The minimum atomic E-state index is -0.349. The number of H-pyrrole nitrogens is 1. The van der Waals surface area contributed by atoms with Crippen molar-refractivity contribution in [3.8, 4) is 5.75 Å². The Morgan fingerprint density at radius 3 is 2.70 bits per heavy atom. The average molecular weight is 274 g/mol. The van der Waals surface area contributed by atoms with Gasteiger partial charge >= 0.3 is 5.97 Å². The first-order chi connectivity index (χ1) is 9.51. The first-order valence-electron chi connectivity index (χ1n) is 6.47. The van der Waals surface area contributed by atoms with E-state index in [0.717, 1.165) is 16.5 Å². The number of ether oxygens (including phenoxy) is 1. The predicted molar refractivity (Wildman–Crippen MR) is 76.8 cm³/mol. The molecule has 0 saturated carbocycles. The van der Waals surface area contributed by atoms with E-state index in [1.54, 1.807) is 20.0 Å². The number of hydrogen-bond donors (Lipinski definition) is 2. The SMILES string of the molecule is CN[C@@H](Cc1c[nH]c2ccc(OC(C)=O)cc12)C(C)=O. The van der Waals surface area contributed by atoms with Crippen LogP contribution in [0.1, 0.15) is 19.4 Å². The molecule has 0 aliphatic carbocycles. The summed E-state index contributed by atoms with van der Waals surface area (Å²) in [4.78, 5) is 25.7. The second-order valence-corrected chi connectivity index (χ2v) is 4.77. The lowest BCUT2D eigenvalue weighted by Crippen LogP contribution is -2.34. The number of carbonyl (C=O) groups excluding carboxylic acids is 2. The van der Waals surface area contributed by atoms with Gasteiger partial charge in [0.1, 0.15) is 11.5 Å². The van der Waals surface area contributed by atoms with Crippen LogP contribution in [-0.4, -0.2) is 29.8 Å². The van der Waals surface area contributed by atoms with Gasteiger partial charge in [-0.3, -0.25) is 9.59 Å². The largest absolute Gasteiger partial charge is 0.427 e. The van der Waals surface area contributed by atoms with Crippen molar-refractivity contribution in [3.05, 3.63) is 30.0 Å². The number of fused-ring (bicyclic) bond motifs is 1. The van der Waals surface area contributed by atoms with Gasteiger partial charge in [-0.15, -0.1) is 0 Å². The molecule has 0 spiro atoms. The zero-order valence-electron chi connectivity index (χ0n) is 11.8. The van der Waals surface area contributed by atoms with E-state index in [9.17, 15) is 9.59 Å². The average Bonchev–Trinajstić information content (AvgIpc) is 2.77. The van der Waals surface area contributed by atoms with Crippen LogP contribution in [0.3, 0.4) is 0 Å². The highest BCUT2D eigenvalue weighted by Gasteiger charge is 2.15. The van der Waals surface area contributed by atoms with E-state index in [2.05, 4.69) is 10.3 Å². The summed E-state index contributed by atoms with van der Waals surface area (Å²) in [5, 5.41) is 3.97. The van der Waals surface area contributed by atoms with Crippen LogP contribution in [0.2, 0.25) is 0 Å². The van der Waals surface area contributed by atoms with Crippen LogP contribution in [0.4, 0.5) is 0 Å². The number of nitrogens with one attached hydrogen (secondary N) is 2. The summed E-state index contributed by atoms with van der Waals surface area (Å²) in [6, 6.07) is 5.20. The molecule has 1 aromatic heterocycles. The molecule has 5 nitrogen and oxygen atoms in total. The number of aromatic amines is 1. The third-order valence-corrected chi connectivity index (χ3v) is 3.26. The molecule has 0 fully saturated rings. The molecular weight excluding hydrogens is 256 g/mol. The molecule has 1 aromatic carbocycles. The van der Waals surface area contributed by atoms with Crippen LogP contribution in [0.15, 0.2) is 24.4 Å². The zero-order chi connectivity index (χ0) is 14.7. The molecule has 106 valence electrons. The zero-order valence-corrected chi connectivity index (χ0v) is 11.8. The molecule has 20 heavy (non-hydrogen) atoms. The Bertz CT molecular complexity index is 646. The van der Waals surface area contributed by atoms with Crippen molar-refractivity contribution in [1.82, 2.24) is 10.3 Å². The molecule has 0 radical (unpaired) electrons. The number of hydrogen-bond acceptors (Lipinski definition) is 4. The lowest BCUT2D eigenvalue weighted by Gasteiger charge is -2.11. The van der Waals surface area contributed by atoms with Gasteiger partial charge in [0, 0.05) is 24.0 Å². The number of likely N-dealkylation sites (N-methyl/N-ethyl adjacent to an activating group) is 1. The monoisotopic (exact) mass is 274 g/mol. The van der Waals surface area contributed by atoms with Gasteiger partial charge in [-0.2, -0.15) is 0 Å². The van der Waals surface area contributed by atoms with Gasteiger partial charge in [0.25, 0.3) is 0 Å². The van der Waals surface area contributed by atoms with Crippen molar-refractivity contribution in [1.29, 1.82) is 0 Å². The maximum Gasteiger partial charge on any atom is 0.308 e. The normalized spacial score (nSPS) is 12.3. The number of Topliss-reactive ketones (excluding diaryl/α,β-unsaturated/α-hetero) is 1. The summed E-state index contributed by atoms with van der Waals surface area (Å²) in [7, 11) is 1.77. The Morgan fingerprint density at radius 2 is 2.10 bits per heavy atom. The molecular formula is C15H18N2O3. The van der Waals surface area contributed by atoms with Crippen molar-refractivity contribution in [2.24, 2.45) is 0 Å². The predicted octanol–water partition coefficient (Wildman–Crippen LogP) is 1.81. The van der Waals surface area contributed by atoms with E-state index in [1.807, 2.05) is 18.3 Å². The minimum absolute atomic E-state index is 0.0954. The van der Waals surface area contributed by atoms with E-state index < -0.39 is 0 Å². The van der Waals surface area contributed by atoms with Crippen LogP contribution in [0.25, 0.3) is 10.9 Å². The molecule has 0 aliphatic rings. The molecule has 1 atom stereocenters. The number of ketones is 1. The minimum Gasteiger partial charge on any atom is -0.427 e. The quantitative estimate of drug-likeness (QED) is 0.644. The molecule has 1 heterocycles. The highest BCUT2D eigenvalue weighted by atomic mass is 16.5. The first kappa shape index (κ1) is 14.3. The maximum atomic E-state index is 11.5. The standard InChI is InChI=1S/C15H18N2O3/c1-9(18)15(16-3)6-11-8-17-14-5-4-12(7-13(11)14)20-10(2)19/h4-5,7-8,15-17H,6H2,1-3H3/t15-/m0/s1. The van der Waals surface area contributed by atoms with Gasteiger partial charge in [0.2, 0.25) is 0 Å². The summed E-state index contributed by atoms with van der Waals surface area (Å²) in [6.45, 7) is 2.94. The molecule has 5 heteroatoms. The molecule has 0 amide bonds. The Kier molecular flexibility index (Phi) is 4.20. The smallest absolute Gasteiger partial charge is 0.308 e. The fraction of sp³-hybridized carbons (Fsp3) is 0.333. The van der Waals surface area contributed by atoms with E-state index in [-0.39, 0.29) is 17.8 Å². The van der Waals surface area contributed by atoms with Crippen LogP contribution < -0.4 is 10.1 Å². The van der Waals surface area contributed by atoms with Crippen molar-refractivity contribution < 1.29 is 14.3 Å². The summed E-state index contributed by atoms with van der Waals surface area (Å²) >= 11 is 0. The topological polar surface area (TPSA) is 71.2 Å². The Labute approximate surface area is 117 Å². The molecule has 0 unspecified atom stereocenters. The fourth-order valence-electron chi connectivity index (χ4n) is 2.22. The lowest BCUT2D eigenvalue weighted by atomic mass is 10.0. The lowest BCUT2D eigenvalue weighted by molar-refractivity contribution is -0.131. The van der Waals surface area contributed by atoms with Gasteiger partial charge in [-0.25, -0.2) is 0 Å². The molecule has 0 saturated heterocycles. The second kappa shape index (κ2) is 5.88. The summed E-state index contributed by atoms with van der Waals surface area (Å²) < 4.78 is 5.09. The molecule has 2 rings (SSSR count). The number of carbonyl (C=O) groups is 2. The summed E-state index contributed by atoms with van der Waals surface area (Å²) in [6.07, 6.45) is 2.48. The van der Waals surface area contributed by atoms with Crippen LogP contribution in [0.5, 0.6) is 5.75 Å². The van der Waals surface area contributed by atoms with Gasteiger partial charge < -0.3 is 15.0 Å². The van der Waals surface area contributed by atoms with E-state index >= 15 is 0 Å². The Morgan fingerprint density at radius 1 is 1.35 bits per heavy atom. The molecule has 0 aliphatic heterocycles.